The van der Waals surface area contributed by atoms with Crippen LogP contribution in [0, 0.1) is 0 Å². The van der Waals surface area contributed by atoms with E-state index < -0.39 is 0 Å². The van der Waals surface area contributed by atoms with E-state index in [4.69, 9.17) is 14.5 Å². The summed E-state index contributed by atoms with van der Waals surface area (Å²) in [6.07, 6.45) is 1.89. The average Bonchev–Trinajstić information content (AvgIpc) is 3.13. The van der Waals surface area contributed by atoms with Crippen molar-refractivity contribution in [2.45, 2.75) is 20.0 Å². The van der Waals surface area contributed by atoms with E-state index in [1.165, 1.54) is 11.8 Å². The van der Waals surface area contributed by atoms with E-state index >= 15 is 0 Å². The lowest BCUT2D eigenvalue weighted by molar-refractivity contribution is -0.122. The Balaban J connectivity index is 1.64. The first-order valence-electron chi connectivity index (χ1n) is 10.8. The summed E-state index contributed by atoms with van der Waals surface area (Å²) in [5.41, 5.74) is 3.04. The second-order valence-corrected chi connectivity index (χ2v) is 8.42. The highest BCUT2D eigenvalue weighted by molar-refractivity contribution is 8.18. The summed E-state index contributed by atoms with van der Waals surface area (Å²) < 4.78 is 11.1. The van der Waals surface area contributed by atoms with Crippen molar-refractivity contribution in [3.05, 3.63) is 100 Å². The number of hydrogen-bond donors (Lipinski definition) is 0. The molecule has 0 N–H and O–H groups in total. The van der Waals surface area contributed by atoms with E-state index in [2.05, 4.69) is 0 Å². The van der Waals surface area contributed by atoms with Crippen LogP contribution in [-0.4, -0.2) is 29.7 Å². The molecule has 0 radical (unpaired) electrons. The predicted molar refractivity (Wildman–Crippen MR) is 134 cm³/mol. The molecule has 0 unspecified atom stereocenters. The highest BCUT2D eigenvalue weighted by atomic mass is 32.2. The number of ether oxygens (including phenoxy) is 2. The molecule has 1 aliphatic rings. The third-order valence-corrected chi connectivity index (χ3v) is 6.14. The largest absolute Gasteiger partial charge is 0.493 e. The molecule has 3 aromatic carbocycles. The van der Waals surface area contributed by atoms with E-state index in [1.807, 2.05) is 91.9 Å². The molecule has 1 fully saturated rings. The van der Waals surface area contributed by atoms with Gasteiger partial charge >= 0.3 is 0 Å². The van der Waals surface area contributed by atoms with E-state index in [1.54, 1.807) is 12.0 Å². The van der Waals surface area contributed by atoms with Crippen LogP contribution in [0.4, 0.5) is 0 Å². The van der Waals surface area contributed by atoms with Gasteiger partial charge in [0.15, 0.2) is 16.7 Å². The highest BCUT2D eigenvalue weighted by Gasteiger charge is 2.33. The standard InChI is InChI=1S/C27H26N2O3S/c1-3-32-24-16-22(14-15-23(24)31-2)17-25-26(30)29(19-21-12-8-5-9-13-21)27(33-25)28-18-20-10-6-4-7-11-20/h4-17H,3,18-19H2,1-2H3/b25-17+,28-27?. The molecular weight excluding hydrogens is 432 g/mol. The van der Waals surface area contributed by atoms with Crippen LogP contribution in [0.3, 0.4) is 0 Å². The van der Waals surface area contributed by atoms with Gasteiger partial charge in [-0.3, -0.25) is 14.7 Å². The van der Waals surface area contributed by atoms with Gasteiger partial charge < -0.3 is 9.47 Å². The van der Waals surface area contributed by atoms with Crippen LogP contribution in [0.1, 0.15) is 23.6 Å². The van der Waals surface area contributed by atoms with Crippen LogP contribution in [0.2, 0.25) is 0 Å². The van der Waals surface area contributed by atoms with Crippen molar-refractivity contribution < 1.29 is 14.3 Å². The molecule has 168 valence electrons. The zero-order chi connectivity index (χ0) is 23.0. The molecule has 0 saturated carbocycles. The highest BCUT2D eigenvalue weighted by Crippen LogP contribution is 2.35. The van der Waals surface area contributed by atoms with Crippen molar-refractivity contribution in [1.82, 2.24) is 4.90 Å². The quantitative estimate of drug-likeness (QED) is 0.402. The Labute approximate surface area is 198 Å². The molecule has 4 rings (SSSR count). The van der Waals surface area contributed by atoms with E-state index in [0.29, 0.717) is 41.3 Å². The first-order chi connectivity index (χ1) is 16.2. The molecule has 1 amide bonds. The molecule has 6 heteroatoms. The lowest BCUT2D eigenvalue weighted by Gasteiger charge is -2.15. The predicted octanol–water partition coefficient (Wildman–Crippen LogP) is 5.77. The summed E-state index contributed by atoms with van der Waals surface area (Å²) in [5, 5.41) is 0.706. The minimum absolute atomic E-state index is 0.0514. The number of hydrogen-bond acceptors (Lipinski definition) is 5. The summed E-state index contributed by atoms with van der Waals surface area (Å²) in [5.74, 6) is 1.27. The van der Waals surface area contributed by atoms with Crippen LogP contribution in [0.5, 0.6) is 11.5 Å². The normalized spacial score (nSPS) is 15.9. The molecule has 1 heterocycles. The zero-order valence-corrected chi connectivity index (χ0v) is 19.5. The maximum Gasteiger partial charge on any atom is 0.267 e. The average molecular weight is 459 g/mol. The van der Waals surface area contributed by atoms with Gasteiger partial charge in [0, 0.05) is 0 Å². The van der Waals surface area contributed by atoms with Crippen molar-refractivity contribution in [1.29, 1.82) is 0 Å². The molecule has 0 spiro atoms. The Morgan fingerprint density at radius 2 is 1.64 bits per heavy atom. The van der Waals surface area contributed by atoms with Gasteiger partial charge in [-0.25, -0.2) is 0 Å². The smallest absolute Gasteiger partial charge is 0.267 e. The lowest BCUT2D eigenvalue weighted by Crippen LogP contribution is -2.28. The summed E-state index contributed by atoms with van der Waals surface area (Å²) >= 11 is 1.40. The zero-order valence-electron chi connectivity index (χ0n) is 18.7. The van der Waals surface area contributed by atoms with Gasteiger partial charge in [0.05, 0.1) is 31.7 Å². The number of aliphatic imine (C=N–C) groups is 1. The summed E-state index contributed by atoms with van der Waals surface area (Å²) in [7, 11) is 1.61. The van der Waals surface area contributed by atoms with Crippen molar-refractivity contribution in [3.8, 4) is 11.5 Å². The monoisotopic (exact) mass is 458 g/mol. The van der Waals surface area contributed by atoms with Crippen molar-refractivity contribution in [2.75, 3.05) is 13.7 Å². The fourth-order valence-electron chi connectivity index (χ4n) is 3.48. The van der Waals surface area contributed by atoms with Gasteiger partial charge in [-0.2, -0.15) is 0 Å². The summed E-state index contributed by atoms with van der Waals surface area (Å²) in [6, 6.07) is 25.7. The third-order valence-electron chi connectivity index (χ3n) is 5.10. The topological polar surface area (TPSA) is 51.1 Å². The number of methoxy groups -OCH3 is 1. The number of carbonyl (C=O) groups excluding carboxylic acids is 1. The number of rotatable bonds is 8. The number of thioether (sulfide) groups is 1. The second-order valence-electron chi connectivity index (χ2n) is 7.42. The Morgan fingerprint density at radius 1 is 0.939 bits per heavy atom. The molecule has 0 atom stereocenters. The number of benzene rings is 3. The maximum absolute atomic E-state index is 13.4. The molecule has 5 nitrogen and oxygen atoms in total. The van der Waals surface area contributed by atoms with Gasteiger partial charge in [0.2, 0.25) is 0 Å². The van der Waals surface area contributed by atoms with Crippen molar-refractivity contribution in [3.63, 3.8) is 0 Å². The second kappa shape index (κ2) is 10.9. The summed E-state index contributed by atoms with van der Waals surface area (Å²) in [4.78, 5) is 20.5. The first-order valence-corrected chi connectivity index (χ1v) is 11.6. The minimum Gasteiger partial charge on any atom is -0.493 e. The van der Waals surface area contributed by atoms with Crippen molar-refractivity contribution in [2.24, 2.45) is 4.99 Å². The molecule has 0 aliphatic carbocycles. The van der Waals surface area contributed by atoms with Crippen LogP contribution in [0.15, 0.2) is 88.8 Å². The molecule has 1 saturated heterocycles. The van der Waals surface area contributed by atoms with Crippen molar-refractivity contribution >= 4 is 28.9 Å². The third kappa shape index (κ3) is 5.65. The minimum atomic E-state index is -0.0514. The first kappa shape index (κ1) is 22.7. The number of amidine groups is 1. The Kier molecular flexibility index (Phi) is 7.47. The molecule has 0 aromatic heterocycles. The molecule has 1 aliphatic heterocycles. The number of amides is 1. The van der Waals surface area contributed by atoms with Crippen LogP contribution >= 0.6 is 11.8 Å². The fourth-order valence-corrected chi connectivity index (χ4v) is 4.45. The van der Waals surface area contributed by atoms with Crippen LogP contribution in [0.25, 0.3) is 6.08 Å². The van der Waals surface area contributed by atoms with Gasteiger partial charge in [-0.05, 0) is 53.6 Å². The number of carbonyl (C=O) groups is 1. The van der Waals surface area contributed by atoms with Gasteiger partial charge in [-0.15, -0.1) is 0 Å². The number of nitrogens with zero attached hydrogens (tertiary/aromatic N) is 2. The van der Waals surface area contributed by atoms with Gasteiger partial charge in [0.1, 0.15) is 0 Å². The Morgan fingerprint density at radius 3 is 2.30 bits per heavy atom. The van der Waals surface area contributed by atoms with Crippen LogP contribution < -0.4 is 9.47 Å². The summed E-state index contributed by atoms with van der Waals surface area (Å²) in [6.45, 7) is 3.46. The Bertz CT molecular complexity index is 1160. The van der Waals surface area contributed by atoms with Gasteiger partial charge in [-0.1, -0.05) is 66.7 Å². The maximum atomic E-state index is 13.4. The van der Waals surface area contributed by atoms with E-state index in [0.717, 1.165) is 16.7 Å². The van der Waals surface area contributed by atoms with Gasteiger partial charge in [0.25, 0.3) is 5.91 Å². The Hall–Kier alpha value is -3.51. The fraction of sp³-hybridized carbons (Fsp3) is 0.185. The van der Waals surface area contributed by atoms with Crippen LogP contribution in [-0.2, 0) is 17.9 Å². The molecule has 33 heavy (non-hydrogen) atoms. The SMILES string of the molecule is CCOc1cc(/C=C2/SC(=NCc3ccccc3)N(Cc3ccccc3)C2=O)ccc1OC. The molecular formula is C27H26N2O3S. The van der Waals surface area contributed by atoms with E-state index in [-0.39, 0.29) is 5.91 Å². The molecule has 0 bridgehead atoms. The lowest BCUT2D eigenvalue weighted by atomic mass is 10.1. The molecule has 3 aromatic rings. The van der Waals surface area contributed by atoms with E-state index in [9.17, 15) is 4.79 Å².